The van der Waals surface area contributed by atoms with Crippen molar-refractivity contribution in [3.63, 3.8) is 0 Å². The number of nitrogen functional groups attached to an aromatic ring is 1. The van der Waals surface area contributed by atoms with Crippen LogP contribution in [0.3, 0.4) is 0 Å². The van der Waals surface area contributed by atoms with E-state index in [1.807, 2.05) is 61.5 Å². The maximum Gasteiger partial charge on any atom is 0.256 e. The molecule has 0 spiro atoms. The minimum Gasteiger partial charge on any atom is -0.384 e. The Labute approximate surface area is 177 Å². The molecule has 0 aliphatic heterocycles. The van der Waals surface area contributed by atoms with Crippen LogP contribution < -0.4 is 11.1 Å². The molecule has 1 unspecified atom stereocenters. The lowest BCUT2D eigenvalue weighted by Gasteiger charge is -2.29. The van der Waals surface area contributed by atoms with Gasteiger partial charge >= 0.3 is 0 Å². The van der Waals surface area contributed by atoms with Crippen LogP contribution in [0, 0.1) is 5.41 Å². The Hall–Kier alpha value is -3.44. The summed E-state index contributed by atoms with van der Waals surface area (Å²) in [4.78, 5) is 13.1. The molecule has 0 aliphatic rings. The van der Waals surface area contributed by atoms with Crippen LogP contribution >= 0.6 is 0 Å². The van der Waals surface area contributed by atoms with E-state index in [1.165, 1.54) is 0 Å². The summed E-state index contributed by atoms with van der Waals surface area (Å²) in [6.45, 7) is 4.45. The molecule has 5 nitrogen and oxygen atoms in total. The zero-order valence-corrected chi connectivity index (χ0v) is 17.3. The SMILES string of the molecule is CCOC(C)(C(=O)NCc1ccc(C(=N)N)cc1)c1ccc(-c2ccccc2)cc1. The summed E-state index contributed by atoms with van der Waals surface area (Å²) in [5, 5.41) is 10.4. The van der Waals surface area contributed by atoms with Crippen molar-refractivity contribution in [3.8, 4) is 11.1 Å². The van der Waals surface area contributed by atoms with Gasteiger partial charge in [0.2, 0.25) is 0 Å². The molecule has 0 bridgehead atoms. The summed E-state index contributed by atoms with van der Waals surface area (Å²) < 4.78 is 5.91. The van der Waals surface area contributed by atoms with Crippen LogP contribution in [-0.4, -0.2) is 18.3 Å². The normalized spacial score (nSPS) is 12.7. The lowest BCUT2D eigenvalue weighted by Crippen LogP contribution is -2.44. The fourth-order valence-electron chi connectivity index (χ4n) is 3.33. The van der Waals surface area contributed by atoms with Crippen LogP contribution in [0.25, 0.3) is 11.1 Å². The van der Waals surface area contributed by atoms with Crippen LogP contribution in [0.2, 0.25) is 0 Å². The number of hydrogen-bond acceptors (Lipinski definition) is 3. The van der Waals surface area contributed by atoms with Gasteiger partial charge in [-0.15, -0.1) is 0 Å². The first kappa shape index (κ1) is 21.3. The molecule has 154 valence electrons. The predicted octanol–water partition coefficient (Wildman–Crippen LogP) is 4.21. The van der Waals surface area contributed by atoms with E-state index in [0.29, 0.717) is 18.7 Å². The maximum atomic E-state index is 13.1. The molecular formula is C25H27N3O2. The molecule has 4 N–H and O–H groups in total. The average molecular weight is 402 g/mol. The van der Waals surface area contributed by atoms with Crippen molar-refractivity contribution in [2.75, 3.05) is 6.61 Å². The van der Waals surface area contributed by atoms with Crippen LogP contribution in [0.15, 0.2) is 78.9 Å². The second kappa shape index (κ2) is 9.37. The van der Waals surface area contributed by atoms with Crippen molar-refractivity contribution in [1.82, 2.24) is 5.32 Å². The molecule has 5 heteroatoms. The van der Waals surface area contributed by atoms with E-state index in [9.17, 15) is 4.79 Å². The summed E-state index contributed by atoms with van der Waals surface area (Å²) in [7, 11) is 0. The molecule has 30 heavy (non-hydrogen) atoms. The number of nitrogens with one attached hydrogen (secondary N) is 2. The number of rotatable bonds is 8. The summed E-state index contributed by atoms with van der Waals surface area (Å²) in [6.07, 6.45) is 0. The van der Waals surface area contributed by atoms with Crippen LogP contribution in [0.5, 0.6) is 0 Å². The topological polar surface area (TPSA) is 88.2 Å². The first-order valence-electron chi connectivity index (χ1n) is 9.95. The zero-order valence-electron chi connectivity index (χ0n) is 17.3. The molecule has 1 atom stereocenters. The molecular weight excluding hydrogens is 374 g/mol. The van der Waals surface area contributed by atoms with E-state index in [2.05, 4.69) is 17.4 Å². The monoisotopic (exact) mass is 401 g/mol. The average Bonchev–Trinajstić information content (AvgIpc) is 2.78. The molecule has 3 rings (SSSR count). The molecule has 0 saturated carbocycles. The standard InChI is InChI=1S/C25H27N3O2/c1-3-30-25(2,22-15-13-20(14-16-22)19-7-5-4-6-8-19)24(29)28-17-18-9-11-21(12-10-18)23(26)27/h4-16H,3,17H2,1-2H3,(H3,26,27)(H,28,29). The third-order valence-corrected chi connectivity index (χ3v) is 5.13. The first-order valence-corrected chi connectivity index (χ1v) is 9.95. The molecule has 1 amide bonds. The van der Waals surface area contributed by atoms with Gasteiger partial charge in [0.1, 0.15) is 5.84 Å². The molecule has 3 aromatic carbocycles. The summed E-state index contributed by atoms with van der Waals surface area (Å²) in [6, 6.07) is 25.3. The van der Waals surface area contributed by atoms with Crippen molar-refractivity contribution >= 4 is 11.7 Å². The zero-order chi connectivity index (χ0) is 21.6. The first-order chi connectivity index (χ1) is 14.4. The number of hydrogen-bond donors (Lipinski definition) is 3. The van der Waals surface area contributed by atoms with Crippen LogP contribution in [0.4, 0.5) is 0 Å². The minimum atomic E-state index is -1.09. The number of ether oxygens (including phenoxy) is 1. The van der Waals surface area contributed by atoms with E-state index in [0.717, 1.165) is 22.3 Å². The van der Waals surface area contributed by atoms with Gasteiger partial charge in [0.05, 0.1) is 0 Å². The highest BCUT2D eigenvalue weighted by Crippen LogP contribution is 2.29. The Bertz CT molecular complexity index is 999. The van der Waals surface area contributed by atoms with Gasteiger partial charge in [-0.1, -0.05) is 78.9 Å². The molecule has 0 aliphatic carbocycles. The van der Waals surface area contributed by atoms with Gasteiger partial charge in [-0.25, -0.2) is 0 Å². The molecule has 0 aromatic heterocycles. The summed E-state index contributed by atoms with van der Waals surface area (Å²) in [5.41, 5.74) is 8.98. The van der Waals surface area contributed by atoms with E-state index in [-0.39, 0.29) is 11.7 Å². The molecule has 0 fully saturated rings. The number of carbonyl (C=O) groups excluding carboxylic acids is 1. The maximum absolute atomic E-state index is 13.1. The highest BCUT2D eigenvalue weighted by molar-refractivity contribution is 5.94. The Kier molecular flexibility index (Phi) is 6.65. The fraction of sp³-hybridized carbons (Fsp3) is 0.200. The van der Waals surface area contributed by atoms with Crippen molar-refractivity contribution in [2.24, 2.45) is 5.73 Å². The van der Waals surface area contributed by atoms with Gasteiger partial charge < -0.3 is 15.8 Å². The fourth-order valence-corrected chi connectivity index (χ4v) is 3.33. The van der Waals surface area contributed by atoms with Crippen molar-refractivity contribution in [2.45, 2.75) is 26.0 Å². The third-order valence-electron chi connectivity index (χ3n) is 5.13. The van der Waals surface area contributed by atoms with Gasteiger partial charge in [0, 0.05) is 18.7 Å². The Morgan fingerprint density at radius 3 is 2.13 bits per heavy atom. The second-order valence-corrected chi connectivity index (χ2v) is 7.20. The van der Waals surface area contributed by atoms with E-state index < -0.39 is 5.60 Å². The lowest BCUT2D eigenvalue weighted by atomic mass is 9.92. The van der Waals surface area contributed by atoms with E-state index >= 15 is 0 Å². The highest BCUT2D eigenvalue weighted by Gasteiger charge is 2.35. The summed E-state index contributed by atoms with van der Waals surface area (Å²) >= 11 is 0. The lowest BCUT2D eigenvalue weighted by molar-refractivity contribution is -0.146. The summed E-state index contributed by atoms with van der Waals surface area (Å²) in [5.74, 6) is -0.180. The molecule has 3 aromatic rings. The minimum absolute atomic E-state index is 0.0217. The number of nitrogens with two attached hydrogens (primary N) is 1. The van der Waals surface area contributed by atoms with Gasteiger partial charge in [-0.2, -0.15) is 0 Å². The Morgan fingerprint density at radius 1 is 0.967 bits per heavy atom. The van der Waals surface area contributed by atoms with Gasteiger partial charge in [0.15, 0.2) is 5.60 Å². The number of amidine groups is 1. The van der Waals surface area contributed by atoms with Gasteiger partial charge in [-0.05, 0) is 36.1 Å². The predicted molar refractivity (Wildman–Crippen MR) is 120 cm³/mol. The van der Waals surface area contributed by atoms with Gasteiger partial charge in [-0.3, -0.25) is 10.2 Å². The highest BCUT2D eigenvalue weighted by atomic mass is 16.5. The number of carbonyl (C=O) groups is 1. The van der Waals surface area contributed by atoms with Crippen molar-refractivity contribution in [1.29, 1.82) is 5.41 Å². The Balaban J connectivity index is 1.75. The smallest absolute Gasteiger partial charge is 0.256 e. The number of amides is 1. The van der Waals surface area contributed by atoms with Crippen LogP contribution in [0.1, 0.15) is 30.5 Å². The second-order valence-electron chi connectivity index (χ2n) is 7.20. The van der Waals surface area contributed by atoms with Gasteiger partial charge in [0.25, 0.3) is 5.91 Å². The quantitative estimate of drug-likeness (QED) is 0.390. The van der Waals surface area contributed by atoms with E-state index in [1.54, 1.807) is 19.1 Å². The Morgan fingerprint density at radius 2 is 1.57 bits per heavy atom. The third kappa shape index (κ3) is 4.75. The molecule has 0 radical (unpaired) electrons. The number of benzene rings is 3. The van der Waals surface area contributed by atoms with Crippen LogP contribution in [-0.2, 0) is 21.7 Å². The van der Waals surface area contributed by atoms with Crippen molar-refractivity contribution in [3.05, 3.63) is 95.6 Å². The molecule has 0 heterocycles. The van der Waals surface area contributed by atoms with E-state index in [4.69, 9.17) is 15.9 Å². The molecule has 0 saturated heterocycles. The van der Waals surface area contributed by atoms with Crippen molar-refractivity contribution < 1.29 is 9.53 Å². The largest absolute Gasteiger partial charge is 0.384 e.